The first-order valence-electron chi connectivity index (χ1n) is 8.04. The van der Waals surface area contributed by atoms with E-state index in [4.69, 9.17) is 0 Å². The zero-order valence-electron chi connectivity index (χ0n) is 14.2. The Hall–Kier alpha value is -1.61. The molecule has 1 amide bonds. The van der Waals surface area contributed by atoms with Gasteiger partial charge >= 0.3 is 0 Å². The molecule has 2 aromatic rings. The van der Waals surface area contributed by atoms with E-state index < -0.39 is 0 Å². The van der Waals surface area contributed by atoms with E-state index in [0.717, 1.165) is 28.7 Å². The molecular formula is C20H22BrNO. The summed E-state index contributed by atoms with van der Waals surface area (Å²) in [5.74, 6) is 0.191. The molecule has 0 fully saturated rings. The molecule has 2 aromatic carbocycles. The van der Waals surface area contributed by atoms with Gasteiger partial charge in [-0.2, -0.15) is 0 Å². The van der Waals surface area contributed by atoms with Crippen LogP contribution in [-0.2, 0) is 17.6 Å². The smallest absolute Gasteiger partial charge is 0.231 e. The van der Waals surface area contributed by atoms with Crippen molar-refractivity contribution in [3.63, 3.8) is 0 Å². The molecule has 0 spiro atoms. The van der Waals surface area contributed by atoms with Crippen LogP contribution in [0.5, 0.6) is 0 Å². The van der Waals surface area contributed by atoms with Gasteiger partial charge < -0.3 is 4.90 Å². The maximum atomic E-state index is 12.9. The van der Waals surface area contributed by atoms with Crippen molar-refractivity contribution in [2.75, 3.05) is 11.4 Å². The lowest BCUT2D eigenvalue weighted by Crippen LogP contribution is -2.30. The standard InChI is InChI=1S/C20H22BrNO/c1-12-6-5-7-18-16(12)8-9-22(18)19(23)11-17-13(2)10-14(3)20(21)15(17)4/h5-7,10H,8-9,11H2,1-4H3. The number of fused-ring (bicyclic) bond motifs is 1. The molecule has 0 aromatic heterocycles. The van der Waals surface area contributed by atoms with Crippen LogP contribution in [0.15, 0.2) is 28.7 Å². The van der Waals surface area contributed by atoms with E-state index in [2.05, 4.69) is 61.8 Å². The van der Waals surface area contributed by atoms with Crippen molar-refractivity contribution in [2.45, 2.75) is 40.5 Å². The first kappa shape index (κ1) is 16.3. The van der Waals surface area contributed by atoms with Gasteiger partial charge in [-0.1, -0.05) is 34.1 Å². The zero-order chi connectivity index (χ0) is 16.7. The summed E-state index contributed by atoms with van der Waals surface area (Å²) >= 11 is 3.65. The van der Waals surface area contributed by atoms with E-state index in [1.165, 1.54) is 27.8 Å². The molecule has 0 N–H and O–H groups in total. The molecule has 0 bridgehead atoms. The molecule has 1 aliphatic heterocycles. The van der Waals surface area contributed by atoms with Crippen molar-refractivity contribution in [2.24, 2.45) is 0 Å². The maximum Gasteiger partial charge on any atom is 0.231 e. The average molecular weight is 372 g/mol. The lowest BCUT2D eigenvalue weighted by Gasteiger charge is -2.20. The van der Waals surface area contributed by atoms with Crippen LogP contribution in [0.3, 0.4) is 0 Å². The highest BCUT2D eigenvalue weighted by Crippen LogP contribution is 2.32. The number of aryl methyl sites for hydroxylation is 3. The van der Waals surface area contributed by atoms with Gasteiger partial charge in [0.2, 0.25) is 5.91 Å². The fourth-order valence-corrected chi connectivity index (χ4v) is 3.94. The van der Waals surface area contributed by atoms with Gasteiger partial charge in [0.25, 0.3) is 0 Å². The third-order valence-electron chi connectivity index (χ3n) is 4.93. The molecule has 0 atom stereocenters. The third kappa shape index (κ3) is 2.83. The zero-order valence-corrected chi connectivity index (χ0v) is 15.8. The monoisotopic (exact) mass is 371 g/mol. The van der Waals surface area contributed by atoms with Crippen LogP contribution in [0.4, 0.5) is 5.69 Å². The summed E-state index contributed by atoms with van der Waals surface area (Å²) in [4.78, 5) is 14.9. The molecule has 23 heavy (non-hydrogen) atoms. The number of hydrogen-bond donors (Lipinski definition) is 0. The predicted molar refractivity (Wildman–Crippen MR) is 99.3 cm³/mol. The van der Waals surface area contributed by atoms with Gasteiger partial charge in [0.15, 0.2) is 0 Å². The second-order valence-corrected chi connectivity index (χ2v) is 7.27. The highest BCUT2D eigenvalue weighted by molar-refractivity contribution is 9.10. The fraction of sp³-hybridized carbons (Fsp3) is 0.350. The van der Waals surface area contributed by atoms with Crippen molar-refractivity contribution < 1.29 is 4.79 Å². The van der Waals surface area contributed by atoms with Crippen LogP contribution in [0.1, 0.15) is 33.4 Å². The quantitative estimate of drug-likeness (QED) is 0.741. The van der Waals surface area contributed by atoms with Crippen molar-refractivity contribution in [1.29, 1.82) is 0 Å². The van der Waals surface area contributed by atoms with E-state index >= 15 is 0 Å². The highest BCUT2D eigenvalue weighted by atomic mass is 79.9. The van der Waals surface area contributed by atoms with Crippen LogP contribution in [0.25, 0.3) is 0 Å². The Labute approximate surface area is 146 Å². The second kappa shape index (κ2) is 6.12. The van der Waals surface area contributed by atoms with Gasteiger partial charge in [0.05, 0.1) is 6.42 Å². The van der Waals surface area contributed by atoms with Crippen LogP contribution in [0.2, 0.25) is 0 Å². The largest absolute Gasteiger partial charge is 0.312 e. The molecule has 0 saturated heterocycles. The van der Waals surface area contributed by atoms with Crippen molar-refractivity contribution >= 4 is 27.5 Å². The number of halogens is 1. The molecule has 1 heterocycles. The Morgan fingerprint density at radius 1 is 1.13 bits per heavy atom. The van der Waals surface area contributed by atoms with E-state index in [0.29, 0.717) is 6.42 Å². The SMILES string of the molecule is Cc1cc(C)c(CC(=O)N2CCc3c(C)cccc32)c(C)c1Br. The van der Waals surface area contributed by atoms with Gasteiger partial charge in [-0.05, 0) is 73.6 Å². The summed E-state index contributed by atoms with van der Waals surface area (Å²) in [6.07, 6.45) is 1.42. The molecule has 0 aliphatic carbocycles. The summed E-state index contributed by atoms with van der Waals surface area (Å²) in [5.41, 5.74) is 8.44. The number of carbonyl (C=O) groups excluding carboxylic acids is 1. The Morgan fingerprint density at radius 3 is 2.61 bits per heavy atom. The third-order valence-corrected chi connectivity index (χ3v) is 6.15. The summed E-state index contributed by atoms with van der Waals surface area (Å²) in [5, 5.41) is 0. The van der Waals surface area contributed by atoms with Gasteiger partial charge in [-0.25, -0.2) is 0 Å². The normalized spacial score (nSPS) is 13.3. The minimum atomic E-state index is 0.191. The van der Waals surface area contributed by atoms with Gasteiger partial charge in [-0.15, -0.1) is 0 Å². The Bertz CT molecular complexity index is 795. The fourth-order valence-electron chi connectivity index (χ4n) is 3.59. The number of amides is 1. The first-order valence-corrected chi connectivity index (χ1v) is 8.83. The molecule has 120 valence electrons. The molecule has 0 unspecified atom stereocenters. The average Bonchev–Trinajstić information content (AvgIpc) is 2.95. The summed E-state index contributed by atoms with van der Waals surface area (Å²) < 4.78 is 1.11. The van der Waals surface area contributed by atoms with Crippen molar-refractivity contribution in [3.05, 3.63) is 62.1 Å². The Kier molecular flexibility index (Phi) is 4.33. The molecule has 3 heteroatoms. The summed E-state index contributed by atoms with van der Waals surface area (Å²) in [6, 6.07) is 8.39. The van der Waals surface area contributed by atoms with Crippen molar-refractivity contribution in [1.82, 2.24) is 0 Å². The number of anilines is 1. The molecular weight excluding hydrogens is 350 g/mol. The number of hydrogen-bond acceptors (Lipinski definition) is 1. The molecule has 3 rings (SSSR count). The Balaban J connectivity index is 1.91. The minimum absolute atomic E-state index is 0.191. The molecule has 0 saturated carbocycles. The number of nitrogens with zero attached hydrogens (tertiary/aromatic N) is 1. The number of rotatable bonds is 2. The van der Waals surface area contributed by atoms with Gasteiger partial charge in [0.1, 0.15) is 0 Å². The predicted octanol–water partition coefficient (Wildman–Crippen LogP) is 4.81. The van der Waals surface area contributed by atoms with E-state index in [1.54, 1.807) is 0 Å². The second-order valence-electron chi connectivity index (χ2n) is 6.47. The molecule has 0 radical (unpaired) electrons. The van der Waals surface area contributed by atoms with E-state index in [1.807, 2.05) is 11.0 Å². The van der Waals surface area contributed by atoms with Crippen LogP contribution >= 0.6 is 15.9 Å². The molecule has 2 nitrogen and oxygen atoms in total. The number of carbonyl (C=O) groups is 1. The maximum absolute atomic E-state index is 12.9. The topological polar surface area (TPSA) is 20.3 Å². The highest BCUT2D eigenvalue weighted by Gasteiger charge is 2.26. The van der Waals surface area contributed by atoms with E-state index in [9.17, 15) is 4.79 Å². The van der Waals surface area contributed by atoms with E-state index in [-0.39, 0.29) is 5.91 Å². The first-order chi connectivity index (χ1) is 10.9. The lowest BCUT2D eigenvalue weighted by molar-refractivity contribution is -0.117. The van der Waals surface area contributed by atoms with Crippen molar-refractivity contribution in [3.8, 4) is 0 Å². The molecule has 1 aliphatic rings. The Morgan fingerprint density at radius 2 is 1.87 bits per heavy atom. The summed E-state index contributed by atoms with van der Waals surface area (Å²) in [7, 11) is 0. The number of benzene rings is 2. The van der Waals surface area contributed by atoms with Crippen LogP contribution in [0, 0.1) is 27.7 Å². The lowest BCUT2D eigenvalue weighted by atomic mass is 9.97. The minimum Gasteiger partial charge on any atom is -0.312 e. The van der Waals surface area contributed by atoms with Gasteiger partial charge in [-0.3, -0.25) is 4.79 Å². The van der Waals surface area contributed by atoms with Gasteiger partial charge in [0, 0.05) is 16.7 Å². The van der Waals surface area contributed by atoms with Crippen LogP contribution in [-0.4, -0.2) is 12.5 Å². The summed E-state index contributed by atoms with van der Waals surface area (Å²) in [6.45, 7) is 9.20. The van der Waals surface area contributed by atoms with Crippen LogP contribution < -0.4 is 4.90 Å².